The second kappa shape index (κ2) is 9.95. The molecular formula is C14H19ClF3N3O2S. The Hall–Kier alpha value is -1.19. The molecule has 136 valence electrons. The van der Waals surface area contributed by atoms with E-state index < -0.39 is 17.8 Å². The third kappa shape index (κ3) is 7.14. The van der Waals surface area contributed by atoms with Crippen molar-refractivity contribution in [1.82, 2.24) is 10.3 Å². The van der Waals surface area contributed by atoms with Crippen molar-refractivity contribution >= 4 is 29.3 Å². The van der Waals surface area contributed by atoms with Gasteiger partial charge in [-0.2, -0.15) is 24.9 Å². The molecule has 3 N–H and O–H groups in total. The van der Waals surface area contributed by atoms with Crippen molar-refractivity contribution in [3.8, 4) is 5.88 Å². The van der Waals surface area contributed by atoms with Crippen molar-refractivity contribution in [3.63, 3.8) is 0 Å². The number of nitrogens with two attached hydrogens (primary N) is 1. The Morgan fingerprint density at radius 2 is 2.25 bits per heavy atom. The lowest BCUT2D eigenvalue weighted by Crippen LogP contribution is -2.41. The number of aromatic nitrogens is 1. The lowest BCUT2D eigenvalue weighted by Gasteiger charge is -2.12. The number of carbonyl (C=O) groups is 1. The Balaban J connectivity index is 2.32. The number of pyridine rings is 1. The number of alkyl halides is 3. The Morgan fingerprint density at radius 1 is 1.54 bits per heavy atom. The van der Waals surface area contributed by atoms with Crippen LogP contribution in [-0.2, 0) is 11.0 Å². The largest absolute Gasteiger partial charge is 0.477 e. The number of carbonyl (C=O) groups excluding carboxylic acids is 1. The van der Waals surface area contributed by atoms with Crippen molar-refractivity contribution in [2.24, 2.45) is 5.73 Å². The van der Waals surface area contributed by atoms with Gasteiger partial charge in [0.2, 0.25) is 11.8 Å². The third-order valence-corrected chi connectivity index (χ3v) is 3.88. The first-order chi connectivity index (χ1) is 11.3. The van der Waals surface area contributed by atoms with E-state index in [2.05, 4.69) is 10.3 Å². The average Bonchev–Trinajstić information content (AvgIpc) is 2.52. The van der Waals surface area contributed by atoms with Crippen LogP contribution in [0.15, 0.2) is 12.3 Å². The second-order valence-electron chi connectivity index (χ2n) is 4.89. The number of hydrogen-bond acceptors (Lipinski definition) is 5. The fraction of sp³-hybridized carbons (Fsp3) is 0.571. The lowest BCUT2D eigenvalue weighted by atomic mass is 10.2. The minimum atomic E-state index is -4.51. The monoisotopic (exact) mass is 385 g/mol. The zero-order chi connectivity index (χ0) is 18.2. The lowest BCUT2D eigenvalue weighted by molar-refractivity contribution is -0.137. The number of hydrogen-bond donors (Lipinski definition) is 2. The highest BCUT2D eigenvalue weighted by molar-refractivity contribution is 7.98. The van der Waals surface area contributed by atoms with Crippen molar-refractivity contribution in [1.29, 1.82) is 0 Å². The van der Waals surface area contributed by atoms with Crippen LogP contribution in [-0.4, -0.2) is 42.1 Å². The van der Waals surface area contributed by atoms with Crippen LogP contribution in [0.5, 0.6) is 5.88 Å². The van der Waals surface area contributed by atoms with Gasteiger partial charge in [0.1, 0.15) is 5.02 Å². The van der Waals surface area contributed by atoms with Crippen molar-refractivity contribution < 1.29 is 22.7 Å². The molecule has 1 atom stereocenters. The number of ether oxygens (including phenoxy) is 1. The van der Waals surface area contributed by atoms with Gasteiger partial charge in [-0.1, -0.05) is 11.6 Å². The Morgan fingerprint density at radius 3 is 2.83 bits per heavy atom. The first-order valence-electron chi connectivity index (χ1n) is 7.13. The first-order valence-corrected chi connectivity index (χ1v) is 8.90. The number of thioether (sulfide) groups is 1. The van der Waals surface area contributed by atoms with Gasteiger partial charge in [-0.25, -0.2) is 4.98 Å². The fourth-order valence-corrected chi connectivity index (χ4v) is 2.36. The molecule has 5 nitrogen and oxygen atoms in total. The highest BCUT2D eigenvalue weighted by atomic mass is 35.5. The molecule has 24 heavy (non-hydrogen) atoms. The summed E-state index contributed by atoms with van der Waals surface area (Å²) in [5, 5.41) is 2.45. The molecule has 1 heterocycles. The van der Waals surface area contributed by atoms with E-state index >= 15 is 0 Å². The van der Waals surface area contributed by atoms with Crippen LogP contribution in [0.25, 0.3) is 0 Å². The number of nitrogens with zero attached hydrogens (tertiary/aromatic N) is 1. The van der Waals surface area contributed by atoms with Crippen LogP contribution < -0.4 is 15.8 Å². The summed E-state index contributed by atoms with van der Waals surface area (Å²) >= 11 is 7.32. The number of rotatable bonds is 9. The maximum Gasteiger partial charge on any atom is 0.417 e. The summed E-state index contributed by atoms with van der Waals surface area (Å²) in [4.78, 5) is 15.2. The molecule has 0 saturated carbocycles. The van der Waals surface area contributed by atoms with E-state index in [-0.39, 0.29) is 23.4 Å². The molecular weight excluding hydrogens is 367 g/mol. The summed E-state index contributed by atoms with van der Waals surface area (Å²) in [6.07, 6.45) is -0.876. The molecule has 1 rings (SSSR count). The fourth-order valence-electron chi connectivity index (χ4n) is 1.65. The molecule has 0 spiro atoms. The van der Waals surface area contributed by atoms with Gasteiger partial charge in [-0.15, -0.1) is 0 Å². The van der Waals surface area contributed by atoms with E-state index in [1.54, 1.807) is 11.8 Å². The second-order valence-corrected chi connectivity index (χ2v) is 6.28. The maximum absolute atomic E-state index is 12.5. The van der Waals surface area contributed by atoms with E-state index in [0.29, 0.717) is 25.6 Å². The minimum Gasteiger partial charge on any atom is -0.477 e. The van der Waals surface area contributed by atoms with Crippen LogP contribution in [0.3, 0.4) is 0 Å². The summed E-state index contributed by atoms with van der Waals surface area (Å²) in [7, 11) is 0. The van der Waals surface area contributed by atoms with Gasteiger partial charge in [0, 0.05) is 12.7 Å². The average molecular weight is 386 g/mol. The summed E-state index contributed by atoms with van der Waals surface area (Å²) in [5.74, 6) is 0.484. The molecule has 0 aliphatic carbocycles. The van der Waals surface area contributed by atoms with Crippen molar-refractivity contribution in [3.05, 3.63) is 22.8 Å². The van der Waals surface area contributed by atoms with E-state index in [1.165, 1.54) is 0 Å². The predicted molar refractivity (Wildman–Crippen MR) is 88.3 cm³/mol. The van der Waals surface area contributed by atoms with Gasteiger partial charge < -0.3 is 15.8 Å². The van der Waals surface area contributed by atoms with E-state index in [9.17, 15) is 18.0 Å². The molecule has 0 aromatic carbocycles. The highest BCUT2D eigenvalue weighted by Crippen LogP contribution is 2.33. The maximum atomic E-state index is 12.5. The molecule has 0 saturated heterocycles. The topological polar surface area (TPSA) is 77.2 Å². The Labute approximate surface area is 147 Å². The normalized spacial score (nSPS) is 12.8. The third-order valence-electron chi connectivity index (χ3n) is 2.96. The molecule has 0 bridgehead atoms. The van der Waals surface area contributed by atoms with E-state index in [1.807, 2.05) is 6.26 Å². The zero-order valence-electron chi connectivity index (χ0n) is 13.0. The van der Waals surface area contributed by atoms with Gasteiger partial charge in [-0.3, -0.25) is 4.79 Å². The summed E-state index contributed by atoms with van der Waals surface area (Å²) < 4.78 is 42.7. The molecule has 1 amide bonds. The summed E-state index contributed by atoms with van der Waals surface area (Å²) in [6.45, 7) is 0.489. The molecule has 10 heteroatoms. The predicted octanol–water partition coefficient (Wildman–Crippen LogP) is 2.72. The van der Waals surface area contributed by atoms with Crippen LogP contribution in [0.1, 0.15) is 18.4 Å². The Bertz CT molecular complexity index is 546. The summed E-state index contributed by atoms with van der Waals surface area (Å²) in [6, 6.07) is 0.209. The number of nitrogens with one attached hydrogen (secondary N) is 1. The van der Waals surface area contributed by atoms with Gasteiger partial charge in [0.05, 0.1) is 18.2 Å². The van der Waals surface area contributed by atoms with Crippen LogP contribution in [0.4, 0.5) is 13.2 Å². The van der Waals surface area contributed by atoms with Gasteiger partial charge in [-0.05, 0) is 30.9 Å². The van der Waals surface area contributed by atoms with Crippen LogP contribution in [0, 0.1) is 0 Å². The highest BCUT2D eigenvalue weighted by Gasteiger charge is 2.31. The molecule has 0 aliphatic rings. The van der Waals surface area contributed by atoms with Crippen LogP contribution >= 0.6 is 23.4 Å². The van der Waals surface area contributed by atoms with Crippen molar-refractivity contribution in [2.45, 2.75) is 25.1 Å². The quantitative estimate of drug-likeness (QED) is 0.639. The zero-order valence-corrected chi connectivity index (χ0v) is 14.6. The standard InChI is InChI=1S/C14H19ClF3N3O2S/c1-24-6-3-11(19)12(22)20-4-2-5-23-13-10(15)7-9(8-21-13)14(16,17)18/h7-8,11H,2-6,19H2,1H3,(H,20,22). The van der Waals surface area contributed by atoms with E-state index in [4.69, 9.17) is 22.1 Å². The smallest absolute Gasteiger partial charge is 0.417 e. The van der Waals surface area contributed by atoms with Gasteiger partial charge in [0.25, 0.3) is 0 Å². The van der Waals surface area contributed by atoms with E-state index in [0.717, 1.165) is 11.8 Å². The van der Waals surface area contributed by atoms with Gasteiger partial charge >= 0.3 is 6.18 Å². The number of amides is 1. The molecule has 1 unspecified atom stereocenters. The number of halogens is 4. The van der Waals surface area contributed by atoms with Crippen molar-refractivity contribution in [2.75, 3.05) is 25.2 Å². The summed E-state index contributed by atoms with van der Waals surface area (Å²) in [5.41, 5.74) is 4.76. The minimum absolute atomic E-state index is 0.0762. The Kier molecular flexibility index (Phi) is 8.65. The molecule has 1 aromatic heterocycles. The SMILES string of the molecule is CSCCC(N)C(=O)NCCCOc1ncc(C(F)(F)F)cc1Cl. The first kappa shape index (κ1) is 20.9. The molecule has 0 aliphatic heterocycles. The molecule has 1 aromatic rings. The van der Waals surface area contributed by atoms with Crippen LogP contribution in [0.2, 0.25) is 5.02 Å². The molecule has 0 radical (unpaired) electrons. The van der Waals surface area contributed by atoms with Gasteiger partial charge in [0.15, 0.2) is 0 Å². The molecule has 0 fully saturated rings.